The highest BCUT2D eigenvalue weighted by atomic mass is 19.1. The number of nitrogens with zero attached hydrogens (tertiary/aromatic N) is 6. The van der Waals surface area contributed by atoms with Crippen molar-refractivity contribution in [2.24, 2.45) is 4.99 Å². The van der Waals surface area contributed by atoms with Crippen molar-refractivity contribution in [3.05, 3.63) is 59.4 Å². The van der Waals surface area contributed by atoms with Crippen LogP contribution in [-0.4, -0.2) is 63.7 Å². The Kier molecular flexibility index (Phi) is 6.53. The average molecular weight is 492 g/mol. The van der Waals surface area contributed by atoms with E-state index in [-0.39, 0.29) is 11.6 Å². The zero-order valence-corrected chi connectivity index (χ0v) is 21.1. The molecule has 1 fully saturated rings. The van der Waals surface area contributed by atoms with E-state index in [0.717, 1.165) is 62.2 Å². The van der Waals surface area contributed by atoms with E-state index < -0.39 is 17.0 Å². The molecule has 2 aliphatic rings. The number of aromatic nitrogens is 3. The van der Waals surface area contributed by atoms with Gasteiger partial charge in [0.2, 0.25) is 5.95 Å². The first-order chi connectivity index (χ1) is 17.3. The number of likely N-dealkylation sites (N-methyl/N-ethyl adjacent to an activating group) is 1. The number of anilines is 2. The van der Waals surface area contributed by atoms with Gasteiger partial charge in [-0.25, -0.2) is 23.7 Å². The van der Waals surface area contributed by atoms with Crippen LogP contribution in [0.15, 0.2) is 41.7 Å². The quantitative estimate of drug-likeness (QED) is 0.519. The monoisotopic (exact) mass is 491 g/mol. The Hall–Kier alpha value is -3.30. The smallest absolute Gasteiger partial charge is 0.229 e. The standard InChI is InChI=1S/C27H31F2N7/c1-5-27(3)17(2)32-25-20(27)12-19(13-21(25)28)24-22(29)15-31-26(34-24)33-23-7-6-18(14-30-23)16-36-10-8-35(4)9-11-36/h6-7,12-15H,5,8-11,16H2,1-4H3,(H,30,31,33,34). The number of halogens is 2. The first kappa shape index (κ1) is 24.4. The van der Waals surface area contributed by atoms with Crippen molar-refractivity contribution in [1.82, 2.24) is 24.8 Å². The maximum absolute atomic E-state index is 15.0. The lowest BCUT2D eigenvalue weighted by Crippen LogP contribution is -2.43. The van der Waals surface area contributed by atoms with Crippen LogP contribution in [-0.2, 0) is 12.0 Å². The number of piperazine rings is 1. The summed E-state index contributed by atoms with van der Waals surface area (Å²) < 4.78 is 29.8. The molecule has 1 unspecified atom stereocenters. The molecule has 3 aromatic rings. The molecule has 2 aliphatic heterocycles. The zero-order valence-electron chi connectivity index (χ0n) is 21.1. The predicted octanol–water partition coefficient (Wildman–Crippen LogP) is 5.08. The van der Waals surface area contributed by atoms with Crippen molar-refractivity contribution < 1.29 is 8.78 Å². The van der Waals surface area contributed by atoms with Crippen LogP contribution >= 0.6 is 0 Å². The summed E-state index contributed by atoms with van der Waals surface area (Å²) >= 11 is 0. The third-order valence-corrected chi connectivity index (χ3v) is 7.53. The molecule has 0 spiro atoms. The van der Waals surface area contributed by atoms with Crippen LogP contribution in [0.3, 0.4) is 0 Å². The molecule has 0 saturated carbocycles. The Morgan fingerprint density at radius 1 is 1.03 bits per heavy atom. The van der Waals surface area contributed by atoms with E-state index in [0.29, 0.717) is 17.1 Å². The summed E-state index contributed by atoms with van der Waals surface area (Å²) in [7, 11) is 2.14. The minimum Gasteiger partial charge on any atom is -0.309 e. The van der Waals surface area contributed by atoms with Crippen molar-refractivity contribution in [3.63, 3.8) is 0 Å². The van der Waals surface area contributed by atoms with Crippen LogP contribution < -0.4 is 5.32 Å². The van der Waals surface area contributed by atoms with Gasteiger partial charge < -0.3 is 10.2 Å². The van der Waals surface area contributed by atoms with Crippen molar-refractivity contribution in [1.29, 1.82) is 0 Å². The lowest BCUT2D eigenvalue weighted by atomic mass is 9.77. The Bertz CT molecular complexity index is 1300. The van der Waals surface area contributed by atoms with Gasteiger partial charge in [-0.05, 0) is 49.7 Å². The molecule has 4 heterocycles. The molecular formula is C27H31F2N7. The molecule has 5 rings (SSSR count). The number of rotatable bonds is 6. The minimum atomic E-state index is -0.621. The van der Waals surface area contributed by atoms with E-state index in [1.807, 2.05) is 39.1 Å². The molecule has 0 aliphatic carbocycles. The largest absolute Gasteiger partial charge is 0.309 e. The molecule has 0 bridgehead atoms. The summed E-state index contributed by atoms with van der Waals surface area (Å²) in [6, 6.07) is 6.96. The maximum atomic E-state index is 15.0. The van der Waals surface area contributed by atoms with Gasteiger partial charge in [0.15, 0.2) is 5.82 Å². The van der Waals surface area contributed by atoms with Gasteiger partial charge in [0.1, 0.15) is 23.0 Å². The third kappa shape index (κ3) is 4.60. The van der Waals surface area contributed by atoms with Gasteiger partial charge in [-0.1, -0.05) is 19.9 Å². The second-order valence-electron chi connectivity index (χ2n) is 9.88. The minimum absolute atomic E-state index is 0.0314. The van der Waals surface area contributed by atoms with Crippen molar-refractivity contribution in [2.45, 2.75) is 39.2 Å². The SMILES string of the molecule is CCC1(C)C(C)=Nc2c(F)cc(-c3nc(Nc4ccc(CN5CCN(C)CC5)cn4)ncc3F)cc21. The van der Waals surface area contributed by atoms with Crippen LogP contribution in [0.2, 0.25) is 0 Å². The predicted molar refractivity (Wildman–Crippen MR) is 138 cm³/mol. The summed E-state index contributed by atoms with van der Waals surface area (Å²) in [6.07, 6.45) is 3.68. The summed E-state index contributed by atoms with van der Waals surface area (Å²) in [4.78, 5) is 22.1. The molecule has 1 aromatic carbocycles. The number of aliphatic imine (C=N–C) groups is 1. The summed E-state index contributed by atoms with van der Waals surface area (Å²) in [5.41, 5.74) is 3.04. The number of pyridine rings is 1. The van der Waals surface area contributed by atoms with Gasteiger partial charge >= 0.3 is 0 Å². The molecule has 188 valence electrons. The first-order valence-electron chi connectivity index (χ1n) is 12.3. The van der Waals surface area contributed by atoms with Gasteiger partial charge in [-0.15, -0.1) is 0 Å². The molecule has 7 nitrogen and oxygen atoms in total. The van der Waals surface area contributed by atoms with Gasteiger partial charge in [0.05, 0.1) is 6.20 Å². The topological polar surface area (TPSA) is 69.5 Å². The molecular weight excluding hydrogens is 460 g/mol. The molecule has 1 N–H and O–H groups in total. The van der Waals surface area contributed by atoms with Gasteiger partial charge in [-0.2, -0.15) is 0 Å². The molecule has 36 heavy (non-hydrogen) atoms. The Morgan fingerprint density at radius 2 is 1.81 bits per heavy atom. The summed E-state index contributed by atoms with van der Waals surface area (Å²) in [5.74, 6) is -0.358. The third-order valence-electron chi connectivity index (χ3n) is 7.53. The fourth-order valence-corrected chi connectivity index (χ4v) is 4.80. The molecule has 9 heteroatoms. The number of nitrogens with one attached hydrogen (secondary N) is 1. The van der Waals surface area contributed by atoms with Crippen LogP contribution in [0.4, 0.5) is 26.2 Å². The first-order valence-corrected chi connectivity index (χ1v) is 12.3. The number of hydrogen-bond donors (Lipinski definition) is 1. The Labute approximate surface area is 210 Å². The van der Waals surface area contributed by atoms with Gasteiger partial charge in [0, 0.05) is 55.6 Å². The Balaban J connectivity index is 1.36. The normalized spacial score (nSPS) is 20.3. The number of fused-ring (bicyclic) bond motifs is 1. The molecule has 0 amide bonds. The van der Waals surface area contributed by atoms with Crippen LogP contribution in [0.25, 0.3) is 11.3 Å². The van der Waals surface area contributed by atoms with Crippen LogP contribution in [0, 0.1) is 11.6 Å². The highest BCUT2D eigenvalue weighted by Gasteiger charge is 2.37. The summed E-state index contributed by atoms with van der Waals surface area (Å²) in [5, 5.41) is 3.04. The fourth-order valence-electron chi connectivity index (χ4n) is 4.80. The second-order valence-corrected chi connectivity index (χ2v) is 9.88. The highest BCUT2D eigenvalue weighted by molar-refractivity contribution is 6.00. The van der Waals surface area contributed by atoms with Crippen molar-refractivity contribution in [2.75, 3.05) is 38.5 Å². The lowest BCUT2D eigenvalue weighted by molar-refractivity contribution is 0.148. The van der Waals surface area contributed by atoms with E-state index >= 15 is 0 Å². The van der Waals surface area contributed by atoms with Crippen LogP contribution in [0.1, 0.15) is 38.3 Å². The molecule has 1 saturated heterocycles. The van der Waals surface area contributed by atoms with E-state index in [2.05, 4.69) is 42.1 Å². The van der Waals surface area contributed by atoms with E-state index in [1.54, 1.807) is 6.07 Å². The van der Waals surface area contributed by atoms with Crippen molar-refractivity contribution in [3.8, 4) is 11.3 Å². The lowest BCUT2D eigenvalue weighted by Gasteiger charge is -2.32. The molecule has 1 atom stereocenters. The van der Waals surface area contributed by atoms with E-state index in [1.165, 1.54) is 6.07 Å². The molecule has 0 radical (unpaired) electrons. The maximum Gasteiger partial charge on any atom is 0.229 e. The van der Waals surface area contributed by atoms with Gasteiger partial charge in [0.25, 0.3) is 0 Å². The summed E-state index contributed by atoms with van der Waals surface area (Å²) in [6.45, 7) is 11.0. The van der Waals surface area contributed by atoms with Crippen molar-refractivity contribution >= 4 is 23.2 Å². The Morgan fingerprint density at radius 3 is 2.50 bits per heavy atom. The molecule has 2 aromatic heterocycles. The zero-order chi connectivity index (χ0) is 25.4. The fraction of sp³-hybridized carbons (Fsp3) is 0.407. The second kappa shape index (κ2) is 9.63. The van der Waals surface area contributed by atoms with E-state index in [4.69, 9.17) is 0 Å². The highest BCUT2D eigenvalue weighted by Crippen LogP contribution is 2.45. The number of hydrogen-bond acceptors (Lipinski definition) is 7. The van der Waals surface area contributed by atoms with Gasteiger partial charge in [-0.3, -0.25) is 9.89 Å². The number of benzene rings is 1. The van der Waals surface area contributed by atoms with Crippen LogP contribution in [0.5, 0.6) is 0 Å². The average Bonchev–Trinajstić information content (AvgIpc) is 3.14. The van der Waals surface area contributed by atoms with E-state index in [9.17, 15) is 8.78 Å².